The molecule has 0 N–H and O–H groups in total. The van der Waals surface area contributed by atoms with Gasteiger partial charge >= 0.3 is 5.97 Å². The number of thioether (sulfide) groups is 1. The van der Waals surface area contributed by atoms with Gasteiger partial charge < -0.3 is 4.74 Å². The predicted molar refractivity (Wildman–Crippen MR) is 97.6 cm³/mol. The zero-order valence-corrected chi connectivity index (χ0v) is 16.3. The molecule has 0 saturated carbocycles. The lowest BCUT2D eigenvalue weighted by atomic mass is 10.0. The van der Waals surface area contributed by atoms with E-state index in [1.165, 1.54) is 16.4 Å². The van der Waals surface area contributed by atoms with Gasteiger partial charge in [-0.1, -0.05) is 6.92 Å². The minimum atomic E-state index is -3.78. The van der Waals surface area contributed by atoms with Crippen LogP contribution in [0.5, 0.6) is 0 Å². The Morgan fingerprint density at radius 3 is 2.81 bits per heavy atom. The van der Waals surface area contributed by atoms with Crippen LogP contribution in [0.25, 0.3) is 0 Å². The molecule has 0 spiro atoms. The molecular weight excluding hydrogens is 380 g/mol. The summed E-state index contributed by atoms with van der Waals surface area (Å²) in [4.78, 5) is 22.3. The Bertz CT molecular complexity index is 781. The van der Waals surface area contributed by atoms with Gasteiger partial charge in [-0.25, -0.2) is 8.42 Å². The van der Waals surface area contributed by atoms with Crippen molar-refractivity contribution >= 4 is 33.4 Å². The molecule has 8 nitrogen and oxygen atoms in total. The zero-order valence-electron chi connectivity index (χ0n) is 14.7. The third-order valence-electron chi connectivity index (χ3n) is 4.04. The van der Waals surface area contributed by atoms with Crippen LogP contribution in [0.3, 0.4) is 0 Å². The number of rotatable bonds is 7. The summed E-state index contributed by atoms with van der Waals surface area (Å²) in [5.74, 6) is -0.302. The van der Waals surface area contributed by atoms with Crippen molar-refractivity contribution in [1.29, 1.82) is 0 Å². The fourth-order valence-corrected chi connectivity index (χ4v) is 5.20. The number of carbonyl (C=O) groups excluding carboxylic acids is 1. The lowest BCUT2D eigenvalue weighted by Crippen LogP contribution is -2.39. The third-order valence-corrected chi connectivity index (χ3v) is 6.93. The molecule has 1 atom stereocenters. The largest absolute Gasteiger partial charge is 0.465 e. The van der Waals surface area contributed by atoms with E-state index in [0.717, 1.165) is 30.7 Å². The molecule has 1 saturated heterocycles. The fourth-order valence-electron chi connectivity index (χ4n) is 2.78. The van der Waals surface area contributed by atoms with Crippen LogP contribution < -0.4 is 0 Å². The second-order valence-corrected chi connectivity index (χ2v) is 9.05. The van der Waals surface area contributed by atoms with Gasteiger partial charge in [0.05, 0.1) is 27.1 Å². The Morgan fingerprint density at radius 2 is 2.19 bits per heavy atom. The predicted octanol–water partition coefficient (Wildman–Crippen LogP) is 2.67. The molecule has 0 aromatic heterocycles. The summed E-state index contributed by atoms with van der Waals surface area (Å²) in [7, 11) is -3.78. The van der Waals surface area contributed by atoms with E-state index in [0.29, 0.717) is 13.1 Å². The van der Waals surface area contributed by atoms with E-state index >= 15 is 0 Å². The minimum absolute atomic E-state index is 0.0790. The quantitative estimate of drug-likeness (QED) is 0.299. The van der Waals surface area contributed by atoms with E-state index in [2.05, 4.69) is 0 Å². The van der Waals surface area contributed by atoms with Crippen molar-refractivity contribution in [1.82, 2.24) is 4.31 Å². The first-order valence-corrected chi connectivity index (χ1v) is 10.7. The van der Waals surface area contributed by atoms with Gasteiger partial charge in [0.25, 0.3) is 5.69 Å². The maximum Gasteiger partial charge on any atom is 0.316 e. The van der Waals surface area contributed by atoms with Gasteiger partial charge in [0.1, 0.15) is 0 Å². The highest BCUT2D eigenvalue weighted by Crippen LogP contribution is 2.33. The molecule has 2 rings (SSSR count). The first kappa shape index (κ1) is 20.7. The highest BCUT2D eigenvalue weighted by Gasteiger charge is 2.30. The third kappa shape index (κ3) is 4.95. The van der Waals surface area contributed by atoms with Crippen molar-refractivity contribution in [3.8, 4) is 0 Å². The molecule has 1 heterocycles. The lowest BCUT2D eigenvalue weighted by Gasteiger charge is -2.30. The number of nitrogens with zero attached hydrogens (tertiary/aromatic N) is 2. The van der Waals surface area contributed by atoms with Crippen molar-refractivity contribution in [2.24, 2.45) is 5.92 Å². The summed E-state index contributed by atoms with van der Waals surface area (Å²) in [6.45, 7) is 4.72. The van der Waals surface area contributed by atoms with Gasteiger partial charge in [-0.15, -0.1) is 11.8 Å². The van der Waals surface area contributed by atoms with Crippen LogP contribution >= 0.6 is 11.8 Å². The number of sulfonamides is 1. The zero-order chi connectivity index (χ0) is 19.3. The first-order chi connectivity index (χ1) is 12.3. The SMILES string of the molecule is CCOC(=O)CSc1ccc(S(=O)(=O)N2CCCC(C)C2)cc1[N+](=O)[O-]. The molecular formula is C16H22N2O6S2. The molecule has 0 aliphatic carbocycles. The molecule has 1 fully saturated rings. The number of hydrogen-bond donors (Lipinski definition) is 0. The Kier molecular flexibility index (Phi) is 7.01. The number of nitro groups is 1. The van der Waals surface area contributed by atoms with Crippen LogP contribution in [0.1, 0.15) is 26.7 Å². The van der Waals surface area contributed by atoms with Crippen molar-refractivity contribution in [3.63, 3.8) is 0 Å². The number of piperidine rings is 1. The molecule has 1 aliphatic rings. The molecule has 0 amide bonds. The van der Waals surface area contributed by atoms with Crippen molar-refractivity contribution in [2.75, 3.05) is 25.4 Å². The molecule has 26 heavy (non-hydrogen) atoms. The van der Waals surface area contributed by atoms with Crippen molar-refractivity contribution in [2.45, 2.75) is 36.5 Å². The van der Waals surface area contributed by atoms with Crippen LogP contribution in [-0.2, 0) is 19.6 Å². The summed E-state index contributed by atoms with van der Waals surface area (Å²) in [6.07, 6.45) is 1.74. The summed E-state index contributed by atoms with van der Waals surface area (Å²) in [6, 6.07) is 3.81. The highest BCUT2D eigenvalue weighted by molar-refractivity contribution is 8.00. The molecule has 1 aromatic carbocycles. The van der Waals surface area contributed by atoms with Gasteiger partial charge in [-0.3, -0.25) is 14.9 Å². The summed E-state index contributed by atoms with van der Waals surface area (Å²) < 4.78 is 31.8. The highest BCUT2D eigenvalue weighted by atomic mass is 32.2. The van der Waals surface area contributed by atoms with Gasteiger partial charge in [-0.2, -0.15) is 4.31 Å². The summed E-state index contributed by atoms with van der Waals surface area (Å²) in [5, 5.41) is 11.4. The Balaban J connectivity index is 2.26. The summed E-state index contributed by atoms with van der Waals surface area (Å²) in [5.41, 5.74) is -0.328. The Morgan fingerprint density at radius 1 is 1.46 bits per heavy atom. The average Bonchev–Trinajstić information content (AvgIpc) is 2.60. The number of esters is 1. The standard InChI is InChI=1S/C16H22N2O6S2/c1-3-24-16(19)11-25-15-7-6-13(9-14(15)18(20)21)26(22,23)17-8-4-5-12(2)10-17/h6-7,9,12H,3-5,8,10-11H2,1-2H3. The van der Waals surface area contributed by atoms with Crippen molar-refractivity contribution < 1.29 is 22.9 Å². The monoisotopic (exact) mass is 402 g/mol. The molecule has 0 bridgehead atoms. The Hall–Kier alpha value is -1.65. The number of ether oxygens (including phenoxy) is 1. The normalized spacial score (nSPS) is 18.5. The number of hydrogen-bond acceptors (Lipinski definition) is 7. The van der Waals surface area contributed by atoms with Gasteiger partial charge in [-0.05, 0) is 37.8 Å². The molecule has 1 aliphatic heterocycles. The second-order valence-electron chi connectivity index (χ2n) is 6.09. The van der Waals surface area contributed by atoms with Gasteiger partial charge in [0.2, 0.25) is 10.0 Å². The fraction of sp³-hybridized carbons (Fsp3) is 0.562. The first-order valence-electron chi connectivity index (χ1n) is 8.32. The van der Waals surface area contributed by atoms with E-state index in [-0.39, 0.29) is 33.8 Å². The lowest BCUT2D eigenvalue weighted by molar-refractivity contribution is -0.388. The maximum absolute atomic E-state index is 12.8. The van der Waals surface area contributed by atoms with E-state index < -0.39 is 20.9 Å². The van der Waals surface area contributed by atoms with E-state index in [1.54, 1.807) is 6.92 Å². The van der Waals surface area contributed by atoms with Gasteiger partial charge in [0, 0.05) is 19.2 Å². The van der Waals surface area contributed by atoms with Crippen LogP contribution in [0.4, 0.5) is 5.69 Å². The minimum Gasteiger partial charge on any atom is -0.465 e. The van der Waals surface area contributed by atoms with Crippen LogP contribution in [-0.4, -0.2) is 49.1 Å². The maximum atomic E-state index is 12.8. The van der Waals surface area contributed by atoms with E-state index in [1.807, 2.05) is 6.92 Å². The van der Waals surface area contributed by atoms with Gasteiger partial charge in [0.15, 0.2) is 0 Å². The molecule has 144 valence electrons. The Labute approximate surface area is 157 Å². The number of benzene rings is 1. The molecule has 0 radical (unpaired) electrons. The van der Waals surface area contributed by atoms with Crippen molar-refractivity contribution in [3.05, 3.63) is 28.3 Å². The van der Waals surface area contributed by atoms with Crippen LogP contribution in [0, 0.1) is 16.0 Å². The van der Waals surface area contributed by atoms with E-state index in [4.69, 9.17) is 4.74 Å². The molecule has 1 unspecified atom stereocenters. The van der Waals surface area contributed by atoms with Crippen LogP contribution in [0.2, 0.25) is 0 Å². The molecule has 1 aromatic rings. The topological polar surface area (TPSA) is 107 Å². The number of nitro benzene ring substituents is 1. The average molecular weight is 402 g/mol. The second kappa shape index (κ2) is 8.83. The van der Waals surface area contributed by atoms with E-state index in [9.17, 15) is 23.3 Å². The summed E-state index contributed by atoms with van der Waals surface area (Å²) >= 11 is 0.954. The smallest absolute Gasteiger partial charge is 0.316 e. The number of carbonyl (C=O) groups is 1. The van der Waals surface area contributed by atoms with Crippen LogP contribution in [0.15, 0.2) is 28.0 Å². The molecule has 10 heteroatoms.